The molecule has 0 aromatic heterocycles. The van der Waals surface area contributed by atoms with Crippen molar-refractivity contribution in [3.63, 3.8) is 0 Å². The Morgan fingerprint density at radius 3 is 2.31 bits per heavy atom. The van der Waals surface area contributed by atoms with Crippen LogP contribution in [0.15, 0.2) is 54.6 Å². The fourth-order valence-electron chi connectivity index (χ4n) is 3.24. The summed E-state index contributed by atoms with van der Waals surface area (Å²) in [6, 6.07) is 15.1. The smallest absolute Gasteiger partial charge is 0.271 e. The van der Waals surface area contributed by atoms with Gasteiger partial charge in [-0.3, -0.25) is 19.2 Å². The zero-order valence-corrected chi connectivity index (χ0v) is 16.8. The summed E-state index contributed by atoms with van der Waals surface area (Å²) in [5.74, 6) is -0.338. The van der Waals surface area contributed by atoms with Crippen molar-refractivity contribution in [3.05, 3.63) is 64.7 Å². The highest BCUT2D eigenvalue weighted by molar-refractivity contribution is 7.92. The molecule has 1 heterocycles. The number of non-ortho nitro benzene ring substituents is 1. The zero-order valence-electron chi connectivity index (χ0n) is 16.0. The first-order valence-corrected chi connectivity index (χ1v) is 10.9. The van der Waals surface area contributed by atoms with Crippen LogP contribution in [0.5, 0.6) is 0 Å². The third-order valence-corrected chi connectivity index (χ3v) is 5.90. The number of carbonyl (C=O) groups is 1. The highest BCUT2D eigenvalue weighted by Gasteiger charge is 2.27. The number of hydrogen-bond donors (Lipinski definition) is 0. The summed E-state index contributed by atoms with van der Waals surface area (Å²) in [7, 11) is -3.80. The fourth-order valence-corrected chi connectivity index (χ4v) is 4.08. The van der Waals surface area contributed by atoms with E-state index in [-0.39, 0.29) is 17.3 Å². The third-order valence-electron chi connectivity index (χ3n) is 4.76. The summed E-state index contributed by atoms with van der Waals surface area (Å²) >= 11 is 0. The van der Waals surface area contributed by atoms with E-state index in [1.807, 2.05) is 30.3 Å². The van der Waals surface area contributed by atoms with Gasteiger partial charge in [-0.2, -0.15) is 0 Å². The maximum Gasteiger partial charge on any atom is 0.271 e. The van der Waals surface area contributed by atoms with Gasteiger partial charge >= 0.3 is 0 Å². The number of nitro benzene ring substituents is 1. The van der Waals surface area contributed by atoms with Gasteiger partial charge in [0.15, 0.2) is 0 Å². The number of nitrogens with zero attached hydrogens (tertiary/aromatic N) is 4. The highest BCUT2D eigenvalue weighted by Crippen LogP contribution is 2.23. The minimum absolute atomic E-state index is 0.0953. The lowest BCUT2D eigenvalue weighted by Gasteiger charge is -2.37. The number of carbonyl (C=O) groups excluding carboxylic acids is 1. The molecular weight excluding hydrogens is 396 g/mol. The lowest BCUT2D eigenvalue weighted by Crippen LogP contribution is -2.52. The molecular formula is C19H22N4O5S. The predicted octanol–water partition coefficient (Wildman–Crippen LogP) is 1.71. The van der Waals surface area contributed by atoms with Crippen molar-refractivity contribution < 1.29 is 18.1 Å². The average Bonchev–Trinajstić information content (AvgIpc) is 2.72. The van der Waals surface area contributed by atoms with Gasteiger partial charge in [0.2, 0.25) is 15.9 Å². The summed E-state index contributed by atoms with van der Waals surface area (Å²) in [6.45, 7) is 1.84. The molecule has 154 valence electrons. The van der Waals surface area contributed by atoms with Gasteiger partial charge in [-0.1, -0.05) is 24.3 Å². The minimum atomic E-state index is -3.80. The van der Waals surface area contributed by atoms with E-state index in [0.29, 0.717) is 26.2 Å². The summed E-state index contributed by atoms with van der Waals surface area (Å²) in [5.41, 5.74) is 0.937. The molecule has 1 fully saturated rings. The monoisotopic (exact) mass is 418 g/mol. The Morgan fingerprint density at radius 2 is 1.72 bits per heavy atom. The fraction of sp³-hybridized carbons (Fsp3) is 0.316. The van der Waals surface area contributed by atoms with E-state index in [2.05, 4.69) is 4.90 Å². The van der Waals surface area contributed by atoms with Gasteiger partial charge in [-0.25, -0.2) is 8.42 Å². The second kappa shape index (κ2) is 8.48. The molecule has 1 saturated heterocycles. The topological polar surface area (TPSA) is 104 Å². The molecule has 2 aromatic carbocycles. The molecule has 0 N–H and O–H groups in total. The number of sulfonamides is 1. The molecule has 29 heavy (non-hydrogen) atoms. The molecule has 1 aliphatic heterocycles. The highest BCUT2D eigenvalue weighted by atomic mass is 32.2. The standard InChI is InChI=1S/C19H22N4O5S/c1-29(27,28)22(17-8-5-9-18(14-17)23(25)26)15-19(24)21-12-10-20(11-13-21)16-6-3-2-4-7-16/h2-9,14H,10-13,15H2,1H3. The van der Waals surface area contributed by atoms with Crippen LogP contribution in [0.4, 0.5) is 17.1 Å². The first-order valence-electron chi connectivity index (χ1n) is 9.05. The minimum Gasteiger partial charge on any atom is -0.368 e. The number of piperazine rings is 1. The van der Waals surface area contributed by atoms with Gasteiger partial charge in [0.25, 0.3) is 5.69 Å². The Bertz CT molecular complexity index is 989. The number of nitro groups is 1. The lowest BCUT2D eigenvalue weighted by molar-refractivity contribution is -0.384. The molecule has 10 heteroatoms. The number of para-hydroxylation sites is 1. The van der Waals surface area contributed by atoms with Crippen LogP contribution in [0.2, 0.25) is 0 Å². The van der Waals surface area contributed by atoms with Crippen LogP contribution in [-0.4, -0.2) is 63.1 Å². The lowest BCUT2D eigenvalue weighted by atomic mass is 10.2. The number of anilines is 2. The largest absolute Gasteiger partial charge is 0.368 e. The second-order valence-electron chi connectivity index (χ2n) is 6.75. The van der Waals surface area contributed by atoms with E-state index in [1.165, 1.54) is 18.2 Å². The van der Waals surface area contributed by atoms with Gasteiger partial charge in [-0.15, -0.1) is 0 Å². The SMILES string of the molecule is CS(=O)(=O)N(CC(=O)N1CCN(c2ccccc2)CC1)c1cccc([N+](=O)[O-])c1. The maximum absolute atomic E-state index is 12.8. The molecule has 0 bridgehead atoms. The van der Waals surface area contributed by atoms with Crippen LogP contribution in [-0.2, 0) is 14.8 Å². The van der Waals surface area contributed by atoms with Gasteiger partial charge in [0.05, 0.1) is 16.9 Å². The van der Waals surface area contributed by atoms with Crippen LogP contribution in [0.25, 0.3) is 0 Å². The zero-order chi connectivity index (χ0) is 21.0. The second-order valence-corrected chi connectivity index (χ2v) is 8.66. The summed E-state index contributed by atoms with van der Waals surface area (Å²) < 4.78 is 25.4. The Balaban J connectivity index is 1.70. The van der Waals surface area contributed by atoms with E-state index >= 15 is 0 Å². The van der Waals surface area contributed by atoms with Crippen LogP contribution < -0.4 is 9.21 Å². The predicted molar refractivity (Wildman–Crippen MR) is 111 cm³/mol. The van der Waals surface area contributed by atoms with Crippen molar-refractivity contribution in [2.75, 3.05) is 48.2 Å². The Labute approximate surface area is 169 Å². The van der Waals surface area contributed by atoms with Crippen LogP contribution in [0.1, 0.15) is 0 Å². The molecule has 3 rings (SSSR count). The first kappa shape index (κ1) is 20.6. The van der Waals surface area contributed by atoms with Crippen LogP contribution in [0, 0.1) is 10.1 Å². The van der Waals surface area contributed by atoms with Crippen LogP contribution in [0.3, 0.4) is 0 Å². The van der Waals surface area contributed by atoms with E-state index in [0.717, 1.165) is 22.3 Å². The van der Waals surface area contributed by atoms with Gasteiger partial charge in [-0.05, 0) is 18.2 Å². The number of hydrogen-bond acceptors (Lipinski definition) is 6. The molecule has 1 aliphatic rings. The molecule has 0 spiro atoms. The number of amides is 1. The summed E-state index contributed by atoms with van der Waals surface area (Å²) in [5, 5.41) is 11.0. The molecule has 0 unspecified atom stereocenters. The van der Waals surface area contributed by atoms with Crippen molar-refractivity contribution in [1.29, 1.82) is 0 Å². The van der Waals surface area contributed by atoms with E-state index in [1.54, 1.807) is 4.90 Å². The van der Waals surface area contributed by atoms with Crippen molar-refractivity contribution in [1.82, 2.24) is 4.90 Å². The summed E-state index contributed by atoms with van der Waals surface area (Å²) in [4.78, 5) is 26.9. The third kappa shape index (κ3) is 5.02. The van der Waals surface area contributed by atoms with Gasteiger partial charge in [0.1, 0.15) is 6.54 Å². The molecule has 0 atom stereocenters. The van der Waals surface area contributed by atoms with Crippen molar-refractivity contribution in [2.45, 2.75) is 0 Å². The maximum atomic E-state index is 12.8. The Hall–Kier alpha value is -3.14. The van der Waals surface area contributed by atoms with E-state index in [4.69, 9.17) is 0 Å². The van der Waals surface area contributed by atoms with E-state index in [9.17, 15) is 23.3 Å². The Morgan fingerprint density at radius 1 is 1.07 bits per heavy atom. The molecule has 9 nitrogen and oxygen atoms in total. The molecule has 1 amide bonds. The van der Waals surface area contributed by atoms with Crippen LogP contribution >= 0.6 is 0 Å². The molecule has 0 aliphatic carbocycles. The molecule has 0 saturated carbocycles. The first-order chi connectivity index (χ1) is 13.8. The quantitative estimate of drug-likeness (QED) is 0.523. The molecule has 0 radical (unpaired) electrons. The average molecular weight is 418 g/mol. The molecule has 2 aromatic rings. The van der Waals surface area contributed by atoms with Crippen molar-refractivity contribution >= 4 is 33.0 Å². The van der Waals surface area contributed by atoms with Crippen molar-refractivity contribution in [2.24, 2.45) is 0 Å². The van der Waals surface area contributed by atoms with E-state index < -0.39 is 21.5 Å². The Kier molecular flexibility index (Phi) is 6.02. The normalized spacial score (nSPS) is 14.5. The van der Waals surface area contributed by atoms with Crippen molar-refractivity contribution in [3.8, 4) is 0 Å². The summed E-state index contributed by atoms with van der Waals surface area (Å²) in [6.07, 6.45) is 0.979. The number of rotatable bonds is 6. The number of benzene rings is 2. The van der Waals surface area contributed by atoms with Gasteiger partial charge in [0, 0.05) is 44.0 Å². The van der Waals surface area contributed by atoms with Gasteiger partial charge < -0.3 is 9.80 Å².